The molecule has 2 aliphatic heterocycles. The first-order valence-corrected chi connectivity index (χ1v) is 12.9. The van der Waals surface area contributed by atoms with E-state index in [1.165, 1.54) is 16.4 Å². The Morgan fingerprint density at radius 1 is 1.00 bits per heavy atom. The lowest BCUT2D eigenvalue weighted by Gasteiger charge is -2.28. The standard InChI is InChI=1S/C25H24N4O6S/c30-29(31)19-10-11-21(25(16-19)36(32,33)28-12-14-34-15-13-28)26-27-22-17-24(18-6-2-1-3-7-18)35-23-9-5-4-8-20(22)23/h1-11,16,24,26H,12-15,17H2/b27-22-. The Kier molecular flexibility index (Phi) is 6.68. The van der Waals surface area contributed by atoms with Gasteiger partial charge < -0.3 is 9.47 Å². The van der Waals surface area contributed by atoms with Crippen molar-refractivity contribution in [3.8, 4) is 5.75 Å². The van der Waals surface area contributed by atoms with E-state index in [4.69, 9.17) is 9.47 Å². The van der Waals surface area contributed by atoms with Crippen LogP contribution >= 0.6 is 0 Å². The van der Waals surface area contributed by atoms with Gasteiger partial charge in [-0.15, -0.1) is 0 Å². The average molecular weight is 509 g/mol. The fraction of sp³-hybridized carbons (Fsp3) is 0.240. The van der Waals surface area contributed by atoms with E-state index in [9.17, 15) is 18.5 Å². The highest BCUT2D eigenvalue weighted by molar-refractivity contribution is 7.89. The van der Waals surface area contributed by atoms with E-state index in [1.54, 1.807) is 0 Å². The van der Waals surface area contributed by atoms with Gasteiger partial charge in [0.1, 0.15) is 16.7 Å². The summed E-state index contributed by atoms with van der Waals surface area (Å²) in [5.74, 6) is 0.669. The van der Waals surface area contributed by atoms with Gasteiger partial charge in [-0.2, -0.15) is 9.41 Å². The van der Waals surface area contributed by atoms with Crippen LogP contribution in [0, 0.1) is 10.1 Å². The zero-order chi connectivity index (χ0) is 25.1. The van der Waals surface area contributed by atoms with E-state index in [0.29, 0.717) is 17.9 Å². The molecule has 2 heterocycles. The predicted octanol–water partition coefficient (Wildman–Crippen LogP) is 3.96. The third kappa shape index (κ3) is 4.81. The van der Waals surface area contributed by atoms with Crippen molar-refractivity contribution in [1.29, 1.82) is 0 Å². The number of hydrogen-bond acceptors (Lipinski definition) is 8. The molecule has 1 atom stereocenters. The fourth-order valence-corrected chi connectivity index (χ4v) is 5.80. The molecule has 0 saturated carbocycles. The summed E-state index contributed by atoms with van der Waals surface area (Å²) in [7, 11) is -4.02. The van der Waals surface area contributed by atoms with Crippen LogP contribution in [0.15, 0.2) is 82.8 Å². The molecule has 1 saturated heterocycles. The van der Waals surface area contributed by atoms with Gasteiger partial charge in [0.2, 0.25) is 10.0 Å². The highest BCUT2D eigenvalue weighted by atomic mass is 32.2. The third-order valence-electron chi connectivity index (χ3n) is 6.09. The molecule has 36 heavy (non-hydrogen) atoms. The van der Waals surface area contributed by atoms with Gasteiger partial charge in [0.05, 0.1) is 29.5 Å². The Bertz CT molecular complexity index is 1410. The molecule has 1 unspecified atom stereocenters. The molecule has 1 N–H and O–H groups in total. The Balaban J connectivity index is 1.52. The maximum Gasteiger partial charge on any atom is 0.270 e. The van der Waals surface area contributed by atoms with Gasteiger partial charge in [0.15, 0.2) is 0 Å². The molecule has 0 radical (unpaired) electrons. The SMILES string of the molecule is O=[N+]([O-])c1ccc(N/N=C2/CC(c3ccccc3)Oc3ccccc32)c(S(=O)(=O)N2CCOCC2)c1. The summed E-state index contributed by atoms with van der Waals surface area (Å²) in [6.07, 6.45) is 0.182. The monoisotopic (exact) mass is 508 g/mol. The molecule has 3 aromatic carbocycles. The Morgan fingerprint density at radius 3 is 2.47 bits per heavy atom. The van der Waals surface area contributed by atoms with Gasteiger partial charge in [-0.05, 0) is 23.8 Å². The number of nitrogens with one attached hydrogen (secondary N) is 1. The average Bonchev–Trinajstić information content (AvgIpc) is 2.92. The lowest BCUT2D eigenvalue weighted by Crippen LogP contribution is -2.40. The number of sulfonamides is 1. The number of morpholine rings is 1. The number of benzene rings is 3. The quantitative estimate of drug-likeness (QED) is 0.395. The number of hydrazone groups is 1. The minimum atomic E-state index is -4.02. The molecule has 0 bridgehead atoms. The Labute approximate surface area is 208 Å². The van der Waals surface area contributed by atoms with Crippen molar-refractivity contribution >= 4 is 27.1 Å². The minimum Gasteiger partial charge on any atom is -0.485 e. The second-order valence-electron chi connectivity index (χ2n) is 8.34. The first-order chi connectivity index (χ1) is 17.4. The van der Waals surface area contributed by atoms with Crippen molar-refractivity contribution < 1.29 is 22.8 Å². The van der Waals surface area contributed by atoms with Gasteiger partial charge in [-0.3, -0.25) is 15.5 Å². The normalized spacial score (nSPS) is 19.3. The highest BCUT2D eigenvalue weighted by Crippen LogP contribution is 2.36. The number of ether oxygens (including phenoxy) is 2. The van der Waals surface area contributed by atoms with Crippen LogP contribution in [0.1, 0.15) is 23.7 Å². The van der Waals surface area contributed by atoms with Gasteiger partial charge in [0, 0.05) is 37.2 Å². The molecule has 3 aromatic rings. The summed E-state index contributed by atoms with van der Waals surface area (Å²) in [4.78, 5) is 10.6. The number of non-ortho nitro benzene ring substituents is 1. The van der Waals surface area contributed by atoms with Crippen LogP contribution in [0.2, 0.25) is 0 Å². The first kappa shape index (κ1) is 23.9. The molecular formula is C25H24N4O6S. The number of nitrogens with zero attached hydrogens (tertiary/aromatic N) is 3. The molecule has 5 rings (SSSR count). The number of fused-ring (bicyclic) bond motifs is 1. The largest absolute Gasteiger partial charge is 0.485 e. The molecule has 0 aliphatic carbocycles. The van der Waals surface area contributed by atoms with Crippen LogP contribution in [0.5, 0.6) is 5.75 Å². The number of para-hydroxylation sites is 1. The fourth-order valence-electron chi connectivity index (χ4n) is 4.23. The van der Waals surface area contributed by atoms with E-state index in [1.807, 2.05) is 54.6 Å². The van der Waals surface area contributed by atoms with Crippen molar-refractivity contribution in [1.82, 2.24) is 4.31 Å². The number of hydrogen-bond donors (Lipinski definition) is 1. The maximum atomic E-state index is 13.4. The van der Waals surface area contributed by atoms with Crippen molar-refractivity contribution in [2.75, 3.05) is 31.7 Å². The van der Waals surface area contributed by atoms with Crippen molar-refractivity contribution in [2.24, 2.45) is 5.10 Å². The van der Waals surface area contributed by atoms with Crippen molar-refractivity contribution in [3.63, 3.8) is 0 Å². The van der Waals surface area contributed by atoms with Gasteiger partial charge in [-0.25, -0.2) is 8.42 Å². The summed E-state index contributed by atoms with van der Waals surface area (Å²) in [5.41, 5.74) is 5.17. The zero-order valence-corrected chi connectivity index (χ0v) is 20.1. The number of anilines is 1. The predicted molar refractivity (Wildman–Crippen MR) is 134 cm³/mol. The number of rotatable bonds is 6. The second-order valence-corrected chi connectivity index (χ2v) is 10.2. The lowest BCUT2D eigenvalue weighted by atomic mass is 9.96. The minimum absolute atomic E-state index is 0.153. The molecule has 1 fully saturated rings. The van der Waals surface area contributed by atoms with Crippen molar-refractivity contribution in [3.05, 3.63) is 94.0 Å². The van der Waals surface area contributed by atoms with E-state index < -0.39 is 14.9 Å². The van der Waals surface area contributed by atoms with Gasteiger partial charge in [-0.1, -0.05) is 42.5 Å². The number of nitro groups is 1. The van der Waals surface area contributed by atoms with Crippen molar-refractivity contribution in [2.45, 2.75) is 17.4 Å². The summed E-state index contributed by atoms with van der Waals surface area (Å²) in [5, 5.41) is 16.0. The molecule has 10 nitrogen and oxygen atoms in total. The van der Waals surface area contributed by atoms with Gasteiger partial charge >= 0.3 is 0 Å². The van der Waals surface area contributed by atoms with E-state index in [2.05, 4.69) is 10.5 Å². The second kappa shape index (κ2) is 10.1. The first-order valence-electron chi connectivity index (χ1n) is 11.4. The van der Waals surface area contributed by atoms with E-state index >= 15 is 0 Å². The zero-order valence-electron chi connectivity index (χ0n) is 19.2. The molecule has 0 spiro atoms. The van der Waals surface area contributed by atoms with Crippen LogP contribution in [-0.4, -0.2) is 49.7 Å². The number of nitro benzene ring substituents is 1. The smallest absolute Gasteiger partial charge is 0.270 e. The van der Waals surface area contributed by atoms with E-state index in [-0.39, 0.29) is 48.7 Å². The van der Waals surface area contributed by atoms with E-state index in [0.717, 1.165) is 17.2 Å². The molecule has 0 aromatic heterocycles. The summed E-state index contributed by atoms with van der Waals surface area (Å²) in [6, 6.07) is 21.0. The molecule has 0 amide bonds. The van der Waals surface area contributed by atoms with Gasteiger partial charge in [0.25, 0.3) is 5.69 Å². The summed E-state index contributed by atoms with van der Waals surface area (Å²) < 4.78 is 39.6. The molecular weight excluding hydrogens is 484 g/mol. The Morgan fingerprint density at radius 2 is 1.72 bits per heavy atom. The molecule has 11 heteroatoms. The molecule has 186 valence electrons. The van der Waals surface area contributed by atoms with Crippen LogP contribution < -0.4 is 10.2 Å². The lowest BCUT2D eigenvalue weighted by molar-refractivity contribution is -0.385. The Hall–Kier alpha value is -3.80. The highest BCUT2D eigenvalue weighted by Gasteiger charge is 2.31. The van der Waals surface area contributed by atoms with Crippen LogP contribution in [0.25, 0.3) is 0 Å². The topological polar surface area (TPSA) is 123 Å². The summed E-state index contributed by atoms with van der Waals surface area (Å²) >= 11 is 0. The maximum absolute atomic E-state index is 13.4. The summed E-state index contributed by atoms with van der Waals surface area (Å²) in [6.45, 7) is 0.860. The van der Waals surface area contributed by atoms with Crippen LogP contribution in [-0.2, 0) is 14.8 Å². The van der Waals surface area contributed by atoms with Crippen LogP contribution in [0.3, 0.4) is 0 Å². The van der Waals surface area contributed by atoms with Crippen LogP contribution in [0.4, 0.5) is 11.4 Å². The molecule has 2 aliphatic rings. The third-order valence-corrected chi connectivity index (χ3v) is 8.03.